The van der Waals surface area contributed by atoms with E-state index in [-0.39, 0.29) is 17.9 Å². The normalized spacial score (nSPS) is 24.3. The third-order valence-electron chi connectivity index (χ3n) is 7.45. The van der Waals surface area contributed by atoms with Crippen LogP contribution in [0.4, 0.5) is 0 Å². The SMILES string of the molecule is O=C(CCc1ccccc1)N1CCCCC2(CO)CCN(CC2)Cc2ccccc2OCC1. The average Bonchev–Trinajstić information content (AvgIpc) is 2.87. The van der Waals surface area contributed by atoms with Crippen LogP contribution in [-0.2, 0) is 17.8 Å². The molecule has 0 radical (unpaired) electrons. The molecule has 5 rings (SSSR count). The number of carbonyl (C=O) groups is 1. The van der Waals surface area contributed by atoms with Crippen molar-refractivity contribution in [3.63, 3.8) is 0 Å². The molecule has 0 spiro atoms. The lowest BCUT2D eigenvalue weighted by atomic mass is 9.75. The Hall–Kier alpha value is -2.37. The molecule has 0 aliphatic carbocycles. The fourth-order valence-electron chi connectivity index (χ4n) is 5.17. The Bertz CT molecular complexity index is 878. The Labute approximate surface area is 198 Å². The maximum absolute atomic E-state index is 13.1. The summed E-state index contributed by atoms with van der Waals surface area (Å²) < 4.78 is 6.19. The Kier molecular flexibility index (Phi) is 8.40. The molecule has 3 heterocycles. The van der Waals surface area contributed by atoms with E-state index in [4.69, 9.17) is 4.74 Å². The molecule has 2 aromatic rings. The number of rotatable bonds is 4. The number of hydrogen-bond acceptors (Lipinski definition) is 4. The molecule has 5 nitrogen and oxygen atoms in total. The summed E-state index contributed by atoms with van der Waals surface area (Å²) in [6.07, 6.45) is 6.41. The molecule has 0 aromatic heterocycles. The van der Waals surface area contributed by atoms with Crippen molar-refractivity contribution in [2.75, 3.05) is 39.4 Å². The second kappa shape index (κ2) is 11.7. The van der Waals surface area contributed by atoms with E-state index in [1.54, 1.807) is 0 Å². The van der Waals surface area contributed by atoms with Crippen molar-refractivity contribution in [3.8, 4) is 5.75 Å². The maximum Gasteiger partial charge on any atom is 0.223 e. The predicted octanol–water partition coefficient (Wildman–Crippen LogP) is 4.29. The Morgan fingerprint density at radius 1 is 0.909 bits per heavy atom. The van der Waals surface area contributed by atoms with E-state index in [0.717, 1.165) is 70.5 Å². The van der Waals surface area contributed by atoms with Gasteiger partial charge in [-0.15, -0.1) is 0 Å². The number of para-hydroxylation sites is 1. The number of nitrogens with zero attached hydrogens (tertiary/aromatic N) is 2. The summed E-state index contributed by atoms with van der Waals surface area (Å²) in [4.78, 5) is 17.5. The molecule has 2 aromatic carbocycles. The fraction of sp³-hybridized carbons (Fsp3) is 0.536. The van der Waals surface area contributed by atoms with Crippen LogP contribution in [0.1, 0.15) is 49.7 Å². The van der Waals surface area contributed by atoms with Crippen LogP contribution >= 0.6 is 0 Å². The number of piperidine rings is 1. The summed E-state index contributed by atoms with van der Waals surface area (Å²) in [5, 5.41) is 10.2. The monoisotopic (exact) mass is 450 g/mol. The zero-order valence-electron chi connectivity index (χ0n) is 19.8. The zero-order chi connectivity index (χ0) is 22.9. The molecule has 3 aliphatic heterocycles. The number of amides is 1. The topological polar surface area (TPSA) is 53.0 Å². The largest absolute Gasteiger partial charge is 0.491 e. The molecule has 178 valence electrons. The molecule has 0 saturated carbocycles. The first-order valence-corrected chi connectivity index (χ1v) is 12.5. The molecule has 1 N–H and O–H groups in total. The number of fused-ring (bicyclic) bond motifs is 9. The van der Waals surface area contributed by atoms with Gasteiger partial charge in [0.05, 0.1) is 6.54 Å². The van der Waals surface area contributed by atoms with Gasteiger partial charge < -0.3 is 14.7 Å². The van der Waals surface area contributed by atoms with Crippen LogP contribution in [0.2, 0.25) is 0 Å². The van der Waals surface area contributed by atoms with Gasteiger partial charge in [-0.25, -0.2) is 0 Å². The highest BCUT2D eigenvalue weighted by Crippen LogP contribution is 2.37. The van der Waals surface area contributed by atoms with Crippen molar-refractivity contribution in [1.82, 2.24) is 9.80 Å². The van der Waals surface area contributed by atoms with Gasteiger partial charge in [0, 0.05) is 31.7 Å². The second-order valence-electron chi connectivity index (χ2n) is 9.71. The van der Waals surface area contributed by atoms with Crippen LogP contribution in [0.5, 0.6) is 5.75 Å². The summed E-state index contributed by atoms with van der Waals surface area (Å²) >= 11 is 0. The van der Waals surface area contributed by atoms with E-state index in [0.29, 0.717) is 19.6 Å². The summed E-state index contributed by atoms with van der Waals surface area (Å²) in [6, 6.07) is 18.5. The Balaban J connectivity index is 1.44. The van der Waals surface area contributed by atoms with E-state index < -0.39 is 0 Å². The lowest BCUT2D eigenvalue weighted by Gasteiger charge is -2.41. The highest BCUT2D eigenvalue weighted by atomic mass is 16.5. The molecular weight excluding hydrogens is 412 g/mol. The molecule has 1 saturated heterocycles. The molecule has 0 atom stereocenters. The molecule has 0 unspecified atom stereocenters. The minimum Gasteiger partial charge on any atom is -0.491 e. The summed E-state index contributed by atoms with van der Waals surface area (Å²) in [5.74, 6) is 1.12. The number of aliphatic hydroxyl groups excluding tert-OH is 1. The van der Waals surface area contributed by atoms with E-state index >= 15 is 0 Å². The quantitative estimate of drug-likeness (QED) is 0.755. The van der Waals surface area contributed by atoms with Gasteiger partial charge in [0.2, 0.25) is 5.91 Å². The Morgan fingerprint density at radius 2 is 1.67 bits per heavy atom. The molecule has 33 heavy (non-hydrogen) atoms. The van der Waals surface area contributed by atoms with Gasteiger partial charge >= 0.3 is 0 Å². The minimum atomic E-state index is 0.0366. The summed E-state index contributed by atoms with van der Waals surface area (Å²) in [5.41, 5.74) is 2.44. The third-order valence-corrected chi connectivity index (χ3v) is 7.45. The summed E-state index contributed by atoms with van der Waals surface area (Å²) in [7, 11) is 0. The summed E-state index contributed by atoms with van der Waals surface area (Å²) in [6.45, 7) is 5.04. The maximum atomic E-state index is 13.1. The number of carbonyl (C=O) groups excluding carboxylic acids is 1. The molecule has 3 aliphatic rings. The van der Waals surface area contributed by atoms with Crippen LogP contribution in [-0.4, -0.2) is 60.2 Å². The van der Waals surface area contributed by atoms with Gasteiger partial charge in [-0.3, -0.25) is 9.69 Å². The number of aliphatic hydroxyl groups is 1. The van der Waals surface area contributed by atoms with Gasteiger partial charge in [0.15, 0.2) is 0 Å². The van der Waals surface area contributed by atoms with Gasteiger partial charge in [0.25, 0.3) is 0 Å². The predicted molar refractivity (Wildman–Crippen MR) is 131 cm³/mol. The van der Waals surface area contributed by atoms with Crippen molar-refractivity contribution in [2.45, 2.75) is 51.5 Å². The van der Waals surface area contributed by atoms with Gasteiger partial charge in [-0.05, 0) is 62.2 Å². The molecule has 1 fully saturated rings. The molecular formula is C28H38N2O3. The Morgan fingerprint density at radius 3 is 2.45 bits per heavy atom. The van der Waals surface area contributed by atoms with Crippen LogP contribution in [0, 0.1) is 5.41 Å². The number of benzene rings is 2. The van der Waals surface area contributed by atoms with Gasteiger partial charge in [-0.2, -0.15) is 0 Å². The first kappa shape index (κ1) is 23.8. The van der Waals surface area contributed by atoms with Crippen molar-refractivity contribution >= 4 is 5.91 Å². The lowest BCUT2D eigenvalue weighted by molar-refractivity contribution is -0.131. The second-order valence-corrected chi connectivity index (χ2v) is 9.71. The van der Waals surface area contributed by atoms with Gasteiger partial charge in [0.1, 0.15) is 12.4 Å². The van der Waals surface area contributed by atoms with Crippen LogP contribution in [0.25, 0.3) is 0 Å². The first-order chi connectivity index (χ1) is 16.2. The highest BCUT2D eigenvalue weighted by molar-refractivity contribution is 5.76. The van der Waals surface area contributed by atoms with E-state index in [9.17, 15) is 9.90 Å². The standard InChI is InChI=1S/C28H38N2O3/c31-23-28-14-6-7-17-30(27(32)13-12-24-8-2-1-3-9-24)20-21-33-26-11-5-4-10-25(26)22-29(18-15-28)19-16-28/h1-5,8-11,31H,6-7,12-23H2. The van der Waals surface area contributed by atoms with Crippen LogP contribution < -0.4 is 4.74 Å². The molecule has 5 heteroatoms. The number of aryl methyl sites for hydroxylation is 1. The van der Waals surface area contributed by atoms with Crippen LogP contribution in [0.15, 0.2) is 54.6 Å². The number of ether oxygens (including phenoxy) is 1. The average molecular weight is 451 g/mol. The number of hydrogen-bond donors (Lipinski definition) is 1. The smallest absolute Gasteiger partial charge is 0.223 e. The minimum absolute atomic E-state index is 0.0366. The highest BCUT2D eigenvalue weighted by Gasteiger charge is 2.33. The van der Waals surface area contributed by atoms with Crippen molar-refractivity contribution < 1.29 is 14.6 Å². The zero-order valence-corrected chi connectivity index (χ0v) is 19.8. The molecule has 1 amide bonds. The van der Waals surface area contributed by atoms with Gasteiger partial charge in [-0.1, -0.05) is 55.0 Å². The lowest BCUT2D eigenvalue weighted by Crippen LogP contribution is -2.41. The first-order valence-electron chi connectivity index (χ1n) is 12.5. The van der Waals surface area contributed by atoms with E-state index in [2.05, 4.69) is 29.2 Å². The fourth-order valence-corrected chi connectivity index (χ4v) is 5.17. The van der Waals surface area contributed by atoms with Crippen molar-refractivity contribution in [3.05, 3.63) is 65.7 Å². The van der Waals surface area contributed by atoms with Crippen molar-refractivity contribution in [1.29, 1.82) is 0 Å². The third kappa shape index (κ3) is 6.58. The van der Waals surface area contributed by atoms with Crippen LogP contribution in [0.3, 0.4) is 0 Å². The van der Waals surface area contributed by atoms with E-state index in [1.807, 2.05) is 35.2 Å². The van der Waals surface area contributed by atoms with E-state index in [1.165, 1.54) is 11.1 Å². The van der Waals surface area contributed by atoms with Crippen molar-refractivity contribution in [2.24, 2.45) is 5.41 Å². The molecule has 2 bridgehead atoms.